The van der Waals surface area contributed by atoms with Gasteiger partial charge in [0.25, 0.3) is 0 Å². The highest BCUT2D eigenvalue weighted by atomic mass is 32.1. The Labute approximate surface area is 123 Å². The molecule has 0 aromatic heterocycles. The predicted octanol–water partition coefficient (Wildman–Crippen LogP) is 4.25. The van der Waals surface area contributed by atoms with Gasteiger partial charge >= 0.3 is 5.97 Å². The molecule has 2 rings (SSSR count). The summed E-state index contributed by atoms with van der Waals surface area (Å²) in [7, 11) is 0. The van der Waals surface area contributed by atoms with Crippen molar-refractivity contribution in [1.82, 2.24) is 0 Å². The zero-order valence-electron chi connectivity index (χ0n) is 11.4. The summed E-state index contributed by atoms with van der Waals surface area (Å²) in [5.74, 6) is 1.00. The SMILES string of the molecule is CCOC(=O)c1ccc(Oc2ccc(C)cc2S)cc1. The Morgan fingerprint density at radius 2 is 1.85 bits per heavy atom. The molecule has 0 atom stereocenters. The minimum Gasteiger partial charge on any atom is -0.462 e. The third kappa shape index (κ3) is 3.54. The minimum atomic E-state index is -0.329. The Balaban J connectivity index is 2.12. The second kappa shape index (κ2) is 6.48. The van der Waals surface area contributed by atoms with Crippen LogP contribution in [0.25, 0.3) is 0 Å². The van der Waals surface area contributed by atoms with Crippen LogP contribution in [0.4, 0.5) is 0 Å². The molecule has 0 fully saturated rings. The topological polar surface area (TPSA) is 35.5 Å². The summed E-state index contributed by atoms with van der Waals surface area (Å²) in [5, 5.41) is 0. The van der Waals surface area contributed by atoms with Gasteiger partial charge in [-0.3, -0.25) is 0 Å². The van der Waals surface area contributed by atoms with Crippen molar-refractivity contribution in [2.24, 2.45) is 0 Å². The fraction of sp³-hybridized carbons (Fsp3) is 0.188. The van der Waals surface area contributed by atoms with Gasteiger partial charge < -0.3 is 9.47 Å². The summed E-state index contributed by atoms with van der Waals surface area (Å²) in [6.07, 6.45) is 0. The first-order valence-corrected chi connectivity index (χ1v) is 6.79. The number of rotatable bonds is 4. The molecule has 20 heavy (non-hydrogen) atoms. The molecule has 0 radical (unpaired) electrons. The fourth-order valence-electron chi connectivity index (χ4n) is 1.71. The van der Waals surface area contributed by atoms with E-state index >= 15 is 0 Å². The molecule has 0 saturated heterocycles. The summed E-state index contributed by atoms with van der Waals surface area (Å²) >= 11 is 4.38. The van der Waals surface area contributed by atoms with Crippen LogP contribution in [0.15, 0.2) is 47.4 Å². The van der Waals surface area contributed by atoms with Gasteiger partial charge in [0, 0.05) is 4.90 Å². The lowest BCUT2D eigenvalue weighted by atomic mass is 10.2. The third-order valence-electron chi connectivity index (χ3n) is 2.71. The number of thiol groups is 1. The lowest BCUT2D eigenvalue weighted by Crippen LogP contribution is -2.04. The van der Waals surface area contributed by atoms with Gasteiger partial charge in [-0.05, 0) is 55.8 Å². The van der Waals surface area contributed by atoms with Crippen molar-refractivity contribution in [3.8, 4) is 11.5 Å². The van der Waals surface area contributed by atoms with Gasteiger partial charge in [-0.1, -0.05) is 6.07 Å². The second-order valence-electron chi connectivity index (χ2n) is 4.32. The number of hydrogen-bond donors (Lipinski definition) is 1. The molecule has 4 heteroatoms. The molecule has 2 aromatic rings. The van der Waals surface area contributed by atoms with Gasteiger partial charge in [-0.2, -0.15) is 0 Å². The number of hydrogen-bond acceptors (Lipinski definition) is 4. The zero-order valence-corrected chi connectivity index (χ0v) is 12.3. The van der Waals surface area contributed by atoms with Crippen LogP contribution < -0.4 is 4.74 Å². The van der Waals surface area contributed by atoms with Crippen LogP contribution in [-0.4, -0.2) is 12.6 Å². The Bertz CT molecular complexity index is 606. The largest absolute Gasteiger partial charge is 0.462 e. The van der Waals surface area contributed by atoms with Crippen LogP contribution in [-0.2, 0) is 4.74 Å². The molecule has 0 aliphatic carbocycles. The number of ether oxygens (including phenoxy) is 2. The average molecular weight is 288 g/mol. The van der Waals surface area contributed by atoms with Crippen LogP contribution in [0.1, 0.15) is 22.8 Å². The van der Waals surface area contributed by atoms with E-state index in [-0.39, 0.29) is 5.97 Å². The molecule has 0 unspecified atom stereocenters. The molecule has 0 aliphatic heterocycles. The molecule has 104 valence electrons. The van der Waals surface area contributed by atoms with E-state index in [0.717, 1.165) is 10.5 Å². The first-order chi connectivity index (χ1) is 9.60. The van der Waals surface area contributed by atoms with Gasteiger partial charge in [-0.25, -0.2) is 4.79 Å². The average Bonchev–Trinajstić information content (AvgIpc) is 2.43. The molecule has 0 aliphatic rings. The van der Waals surface area contributed by atoms with E-state index < -0.39 is 0 Å². The molecule has 0 spiro atoms. The number of esters is 1. The van der Waals surface area contributed by atoms with Gasteiger partial charge in [0.05, 0.1) is 12.2 Å². The standard InChI is InChI=1S/C16H16O3S/c1-3-18-16(17)12-5-7-13(8-6-12)19-14-9-4-11(2)10-15(14)20/h4-10,20H,3H2,1-2H3. The molecule has 0 saturated carbocycles. The summed E-state index contributed by atoms with van der Waals surface area (Å²) in [5.41, 5.74) is 1.63. The van der Waals surface area contributed by atoms with E-state index in [2.05, 4.69) is 12.6 Å². The minimum absolute atomic E-state index is 0.329. The van der Waals surface area contributed by atoms with Crippen LogP contribution >= 0.6 is 12.6 Å². The summed E-state index contributed by atoms with van der Waals surface area (Å²) < 4.78 is 10.7. The van der Waals surface area contributed by atoms with Crippen molar-refractivity contribution in [2.45, 2.75) is 18.7 Å². The van der Waals surface area contributed by atoms with Crippen molar-refractivity contribution in [2.75, 3.05) is 6.61 Å². The molecular weight excluding hydrogens is 272 g/mol. The van der Waals surface area contributed by atoms with Crippen LogP contribution in [0.5, 0.6) is 11.5 Å². The summed E-state index contributed by atoms with van der Waals surface area (Å²) in [6, 6.07) is 12.6. The maximum atomic E-state index is 11.5. The number of carbonyl (C=O) groups is 1. The summed E-state index contributed by atoms with van der Waals surface area (Å²) in [6.45, 7) is 4.14. The molecule has 3 nitrogen and oxygen atoms in total. The highest BCUT2D eigenvalue weighted by molar-refractivity contribution is 7.80. The van der Waals surface area contributed by atoms with Crippen molar-refractivity contribution < 1.29 is 14.3 Å². The van der Waals surface area contributed by atoms with Gasteiger partial charge in [0.2, 0.25) is 0 Å². The summed E-state index contributed by atoms with van der Waals surface area (Å²) in [4.78, 5) is 12.3. The fourth-order valence-corrected chi connectivity index (χ4v) is 2.04. The third-order valence-corrected chi connectivity index (χ3v) is 3.06. The van der Waals surface area contributed by atoms with Gasteiger partial charge in [0.15, 0.2) is 0 Å². The highest BCUT2D eigenvalue weighted by Crippen LogP contribution is 2.28. The van der Waals surface area contributed by atoms with E-state index in [1.807, 2.05) is 25.1 Å². The Morgan fingerprint density at radius 3 is 2.45 bits per heavy atom. The predicted molar refractivity (Wildman–Crippen MR) is 80.9 cm³/mol. The Hall–Kier alpha value is -1.94. The maximum absolute atomic E-state index is 11.5. The second-order valence-corrected chi connectivity index (χ2v) is 4.80. The van der Waals surface area contributed by atoms with Crippen LogP contribution in [0.3, 0.4) is 0 Å². The Morgan fingerprint density at radius 1 is 1.15 bits per heavy atom. The Kier molecular flexibility index (Phi) is 4.69. The molecule has 0 N–H and O–H groups in total. The number of benzene rings is 2. The van der Waals surface area contributed by atoms with Crippen molar-refractivity contribution >= 4 is 18.6 Å². The van der Waals surface area contributed by atoms with Crippen molar-refractivity contribution in [1.29, 1.82) is 0 Å². The first-order valence-electron chi connectivity index (χ1n) is 6.35. The molecule has 0 bridgehead atoms. The lowest BCUT2D eigenvalue weighted by molar-refractivity contribution is 0.0526. The lowest BCUT2D eigenvalue weighted by Gasteiger charge is -2.09. The quantitative estimate of drug-likeness (QED) is 0.674. The zero-order chi connectivity index (χ0) is 14.5. The van der Waals surface area contributed by atoms with Gasteiger partial charge in [0.1, 0.15) is 11.5 Å². The maximum Gasteiger partial charge on any atom is 0.338 e. The van der Waals surface area contributed by atoms with Crippen LogP contribution in [0.2, 0.25) is 0 Å². The molecule has 0 heterocycles. The normalized spacial score (nSPS) is 10.2. The molecule has 2 aromatic carbocycles. The van der Waals surface area contributed by atoms with E-state index in [4.69, 9.17) is 9.47 Å². The number of carbonyl (C=O) groups excluding carboxylic acids is 1. The molecule has 0 amide bonds. The van der Waals surface area contributed by atoms with E-state index in [0.29, 0.717) is 23.7 Å². The van der Waals surface area contributed by atoms with E-state index in [9.17, 15) is 4.79 Å². The van der Waals surface area contributed by atoms with Crippen molar-refractivity contribution in [3.63, 3.8) is 0 Å². The number of aryl methyl sites for hydroxylation is 1. The van der Waals surface area contributed by atoms with Crippen LogP contribution in [0, 0.1) is 6.92 Å². The van der Waals surface area contributed by atoms with Crippen molar-refractivity contribution in [3.05, 3.63) is 53.6 Å². The van der Waals surface area contributed by atoms with E-state index in [1.54, 1.807) is 31.2 Å². The smallest absolute Gasteiger partial charge is 0.338 e. The highest BCUT2D eigenvalue weighted by Gasteiger charge is 2.07. The van der Waals surface area contributed by atoms with Gasteiger partial charge in [-0.15, -0.1) is 12.6 Å². The first kappa shape index (κ1) is 14.5. The monoisotopic (exact) mass is 288 g/mol. The van der Waals surface area contributed by atoms with E-state index in [1.165, 1.54) is 0 Å². The molecular formula is C16H16O3S.